The number of benzene rings is 1. The number of carbonyl (C=O) groups excluding carboxylic acids is 1. The molecule has 0 saturated carbocycles. The van der Waals surface area contributed by atoms with Crippen LogP contribution in [0.5, 0.6) is 5.75 Å². The Kier molecular flexibility index (Phi) is 5.62. The Balaban J connectivity index is 2.39. The van der Waals surface area contributed by atoms with Gasteiger partial charge in [-0.3, -0.25) is 4.79 Å². The second-order valence-corrected chi connectivity index (χ2v) is 3.87. The third kappa shape index (κ3) is 6.66. The molecule has 0 atom stereocenters. The lowest BCUT2D eigenvalue weighted by Crippen LogP contribution is -2.36. The van der Waals surface area contributed by atoms with Gasteiger partial charge in [-0.05, 0) is 30.7 Å². The van der Waals surface area contributed by atoms with Gasteiger partial charge < -0.3 is 15.8 Å². The van der Waals surface area contributed by atoms with Crippen LogP contribution in [0.15, 0.2) is 24.3 Å². The van der Waals surface area contributed by atoms with E-state index in [1.54, 1.807) is 23.5 Å². The van der Waals surface area contributed by atoms with E-state index < -0.39 is 25.2 Å². The van der Waals surface area contributed by atoms with Gasteiger partial charge in [0.2, 0.25) is 0 Å². The van der Waals surface area contributed by atoms with Gasteiger partial charge in [0.15, 0.2) is 6.61 Å². The largest absolute Gasteiger partial charge is 0.484 e. The number of hydrogen-bond acceptors (Lipinski definition) is 3. The van der Waals surface area contributed by atoms with E-state index in [0.717, 1.165) is 5.56 Å². The van der Waals surface area contributed by atoms with E-state index in [0.29, 0.717) is 18.7 Å². The Labute approximate surface area is 108 Å². The molecule has 1 rings (SSSR count). The smallest absolute Gasteiger partial charge is 0.405 e. The minimum atomic E-state index is -4.42. The first kappa shape index (κ1) is 15.3. The molecule has 0 aromatic heterocycles. The third-order valence-electron chi connectivity index (χ3n) is 2.19. The number of halogens is 3. The summed E-state index contributed by atoms with van der Waals surface area (Å²) < 4.78 is 40.6. The number of alkyl halides is 3. The Bertz CT molecular complexity index is 422. The first-order valence-electron chi connectivity index (χ1n) is 5.66. The summed E-state index contributed by atoms with van der Waals surface area (Å²) in [6, 6.07) is 6.90. The first-order valence-corrected chi connectivity index (χ1v) is 5.66. The lowest BCUT2D eigenvalue weighted by atomic mass is 10.1. The highest BCUT2D eigenvalue weighted by Gasteiger charge is 2.27. The maximum absolute atomic E-state index is 11.8. The van der Waals surface area contributed by atoms with Gasteiger partial charge in [0.1, 0.15) is 12.3 Å². The monoisotopic (exact) mass is 276 g/mol. The molecule has 1 amide bonds. The van der Waals surface area contributed by atoms with Crippen molar-refractivity contribution < 1.29 is 22.7 Å². The molecule has 106 valence electrons. The number of nitrogens with one attached hydrogen (secondary N) is 1. The van der Waals surface area contributed by atoms with Crippen LogP contribution in [0.25, 0.3) is 0 Å². The van der Waals surface area contributed by atoms with Crippen molar-refractivity contribution in [2.24, 2.45) is 5.73 Å². The van der Waals surface area contributed by atoms with Crippen LogP contribution in [-0.2, 0) is 11.2 Å². The number of hydrogen-bond donors (Lipinski definition) is 2. The topological polar surface area (TPSA) is 64.3 Å². The summed E-state index contributed by atoms with van der Waals surface area (Å²) in [5, 5.41) is 1.72. The number of amides is 1. The number of nitrogens with two attached hydrogens (primary N) is 1. The van der Waals surface area contributed by atoms with Gasteiger partial charge in [0.25, 0.3) is 5.91 Å². The van der Waals surface area contributed by atoms with Gasteiger partial charge in [0, 0.05) is 0 Å². The van der Waals surface area contributed by atoms with E-state index in [1.165, 1.54) is 0 Å². The Morgan fingerprint density at radius 1 is 1.37 bits per heavy atom. The van der Waals surface area contributed by atoms with Gasteiger partial charge in [-0.1, -0.05) is 12.1 Å². The predicted molar refractivity (Wildman–Crippen MR) is 63.8 cm³/mol. The SMILES string of the molecule is NCCc1cccc(OCC(=O)NCC(F)(F)F)c1. The van der Waals surface area contributed by atoms with Crippen LogP contribution >= 0.6 is 0 Å². The zero-order chi connectivity index (χ0) is 14.3. The van der Waals surface area contributed by atoms with E-state index in [9.17, 15) is 18.0 Å². The summed E-state index contributed by atoms with van der Waals surface area (Å²) in [6.45, 7) is -1.33. The summed E-state index contributed by atoms with van der Waals surface area (Å²) in [5.74, 6) is -0.394. The van der Waals surface area contributed by atoms with E-state index in [1.807, 2.05) is 6.07 Å². The molecule has 0 spiro atoms. The van der Waals surface area contributed by atoms with Crippen LogP contribution < -0.4 is 15.8 Å². The highest BCUT2D eigenvalue weighted by atomic mass is 19.4. The van der Waals surface area contributed by atoms with Crippen molar-refractivity contribution in [1.82, 2.24) is 5.32 Å². The van der Waals surface area contributed by atoms with E-state index in [-0.39, 0.29) is 0 Å². The lowest BCUT2D eigenvalue weighted by molar-refractivity contribution is -0.139. The quantitative estimate of drug-likeness (QED) is 0.821. The second kappa shape index (κ2) is 6.98. The highest BCUT2D eigenvalue weighted by molar-refractivity contribution is 5.77. The molecular weight excluding hydrogens is 261 g/mol. The van der Waals surface area contributed by atoms with E-state index >= 15 is 0 Å². The van der Waals surface area contributed by atoms with Gasteiger partial charge >= 0.3 is 6.18 Å². The number of carbonyl (C=O) groups is 1. The molecule has 0 aliphatic carbocycles. The van der Waals surface area contributed by atoms with Crippen LogP contribution in [0.2, 0.25) is 0 Å². The van der Waals surface area contributed by atoms with Crippen LogP contribution in [-0.4, -0.2) is 31.8 Å². The fourth-order valence-corrected chi connectivity index (χ4v) is 1.36. The molecular formula is C12H15F3N2O2. The Morgan fingerprint density at radius 2 is 2.11 bits per heavy atom. The summed E-state index contributed by atoms with van der Waals surface area (Å²) in [4.78, 5) is 11.1. The Morgan fingerprint density at radius 3 is 2.74 bits per heavy atom. The van der Waals surface area contributed by atoms with Crippen LogP contribution in [0.1, 0.15) is 5.56 Å². The molecule has 1 aromatic rings. The molecule has 0 fully saturated rings. The van der Waals surface area contributed by atoms with Gasteiger partial charge in [0.05, 0.1) is 0 Å². The van der Waals surface area contributed by atoms with Crippen LogP contribution in [0.3, 0.4) is 0 Å². The highest BCUT2D eigenvalue weighted by Crippen LogP contribution is 2.14. The molecule has 0 aliphatic rings. The normalized spacial score (nSPS) is 11.2. The first-order chi connectivity index (χ1) is 8.90. The molecule has 0 aliphatic heterocycles. The molecule has 7 heteroatoms. The second-order valence-electron chi connectivity index (χ2n) is 3.87. The molecule has 3 N–H and O–H groups in total. The maximum Gasteiger partial charge on any atom is 0.405 e. The fraction of sp³-hybridized carbons (Fsp3) is 0.417. The average molecular weight is 276 g/mol. The summed E-state index contributed by atoms with van der Waals surface area (Å²) in [6.07, 6.45) is -3.76. The van der Waals surface area contributed by atoms with Crippen molar-refractivity contribution in [1.29, 1.82) is 0 Å². The zero-order valence-corrected chi connectivity index (χ0v) is 10.2. The molecule has 0 saturated heterocycles. The van der Waals surface area contributed by atoms with Gasteiger partial charge in [-0.25, -0.2) is 0 Å². The van der Waals surface area contributed by atoms with E-state index in [2.05, 4.69) is 0 Å². The van der Waals surface area contributed by atoms with Crippen molar-refractivity contribution in [2.45, 2.75) is 12.6 Å². The molecule has 0 unspecified atom stereocenters. The van der Waals surface area contributed by atoms with Crippen molar-refractivity contribution in [3.8, 4) is 5.75 Å². The molecule has 0 bridgehead atoms. The minimum absolute atomic E-state index is 0.424. The van der Waals surface area contributed by atoms with Gasteiger partial charge in [-0.2, -0.15) is 13.2 Å². The van der Waals surface area contributed by atoms with Crippen LogP contribution in [0.4, 0.5) is 13.2 Å². The summed E-state index contributed by atoms with van der Waals surface area (Å²) >= 11 is 0. The standard InChI is InChI=1S/C12H15F3N2O2/c13-12(14,15)8-17-11(18)7-19-10-3-1-2-9(6-10)4-5-16/h1-3,6H,4-5,7-8,16H2,(H,17,18). The minimum Gasteiger partial charge on any atom is -0.484 e. The van der Waals surface area contributed by atoms with Crippen molar-refractivity contribution in [3.05, 3.63) is 29.8 Å². The van der Waals surface area contributed by atoms with Crippen molar-refractivity contribution in [3.63, 3.8) is 0 Å². The summed E-state index contributed by atoms with van der Waals surface area (Å²) in [7, 11) is 0. The predicted octanol–water partition coefficient (Wildman–Crippen LogP) is 1.25. The fourth-order valence-electron chi connectivity index (χ4n) is 1.36. The number of ether oxygens (including phenoxy) is 1. The molecule has 0 heterocycles. The van der Waals surface area contributed by atoms with Crippen molar-refractivity contribution >= 4 is 5.91 Å². The van der Waals surface area contributed by atoms with Gasteiger partial charge in [-0.15, -0.1) is 0 Å². The summed E-state index contributed by atoms with van der Waals surface area (Å²) in [5.41, 5.74) is 6.34. The third-order valence-corrected chi connectivity index (χ3v) is 2.19. The molecule has 19 heavy (non-hydrogen) atoms. The maximum atomic E-state index is 11.8. The lowest BCUT2D eigenvalue weighted by Gasteiger charge is -2.10. The average Bonchev–Trinajstić information content (AvgIpc) is 2.34. The van der Waals surface area contributed by atoms with Crippen LogP contribution in [0, 0.1) is 0 Å². The molecule has 4 nitrogen and oxygen atoms in total. The molecule has 1 aromatic carbocycles. The number of rotatable bonds is 6. The zero-order valence-electron chi connectivity index (χ0n) is 10.2. The Hall–Kier alpha value is -1.76. The van der Waals surface area contributed by atoms with Crippen molar-refractivity contribution in [2.75, 3.05) is 19.7 Å². The molecule has 0 radical (unpaired) electrons. The van der Waals surface area contributed by atoms with E-state index in [4.69, 9.17) is 10.5 Å².